The molecular weight excluding hydrogens is 486 g/mol. The van der Waals surface area contributed by atoms with E-state index in [2.05, 4.69) is 55.6 Å². The van der Waals surface area contributed by atoms with Crippen molar-refractivity contribution in [3.05, 3.63) is 48.6 Å². The molecule has 5 nitrogen and oxygen atoms in total. The smallest absolute Gasteiger partial charge is 0.222 e. The first-order valence-electron chi connectivity index (χ1n) is 15.9. The average molecular weight is 548 g/mol. The van der Waals surface area contributed by atoms with Gasteiger partial charge in [-0.15, -0.1) is 0 Å². The topological polar surface area (TPSA) is 89.8 Å². The molecule has 3 atom stereocenters. The van der Waals surface area contributed by atoms with Crippen LogP contribution in [0.2, 0.25) is 0 Å². The molecule has 4 N–H and O–H groups in total. The molecule has 0 saturated carbocycles. The molecule has 0 radical (unpaired) electrons. The van der Waals surface area contributed by atoms with E-state index in [1.807, 2.05) is 6.08 Å². The van der Waals surface area contributed by atoms with Gasteiger partial charge in [-0.05, 0) is 70.6 Å². The predicted octanol–water partition coefficient (Wildman–Crippen LogP) is 7.86. The third-order valence-corrected chi connectivity index (χ3v) is 6.82. The lowest BCUT2D eigenvalue weighted by molar-refractivity contribution is -0.124. The number of hydrogen-bond acceptors (Lipinski definition) is 4. The maximum absolute atomic E-state index is 12.3. The Morgan fingerprint density at radius 3 is 1.64 bits per heavy atom. The van der Waals surface area contributed by atoms with E-state index in [0.717, 1.165) is 57.8 Å². The molecule has 0 heterocycles. The van der Waals surface area contributed by atoms with Crippen molar-refractivity contribution in [1.82, 2.24) is 5.32 Å². The first kappa shape index (κ1) is 37.3. The highest BCUT2D eigenvalue weighted by molar-refractivity contribution is 5.76. The van der Waals surface area contributed by atoms with Gasteiger partial charge >= 0.3 is 0 Å². The first-order valence-corrected chi connectivity index (χ1v) is 15.9. The fourth-order valence-corrected chi connectivity index (χ4v) is 4.30. The van der Waals surface area contributed by atoms with Crippen molar-refractivity contribution in [1.29, 1.82) is 0 Å². The van der Waals surface area contributed by atoms with E-state index in [0.29, 0.717) is 6.42 Å². The summed E-state index contributed by atoms with van der Waals surface area (Å²) in [6, 6.07) is -0.769. The molecule has 5 heteroatoms. The number of hydrogen-bond donors (Lipinski definition) is 4. The second-order valence-electron chi connectivity index (χ2n) is 10.7. The summed E-state index contributed by atoms with van der Waals surface area (Å²) >= 11 is 0. The number of aliphatic hydroxyl groups is 3. The van der Waals surface area contributed by atoms with Crippen LogP contribution >= 0.6 is 0 Å². The van der Waals surface area contributed by atoms with Gasteiger partial charge in [0.05, 0.1) is 31.3 Å². The zero-order valence-electron chi connectivity index (χ0n) is 25.2. The zero-order valence-corrected chi connectivity index (χ0v) is 25.2. The third-order valence-electron chi connectivity index (χ3n) is 6.82. The second-order valence-corrected chi connectivity index (χ2v) is 10.7. The lowest BCUT2D eigenvalue weighted by atomic mass is 10.1. The van der Waals surface area contributed by atoms with Crippen molar-refractivity contribution in [3.8, 4) is 0 Å². The van der Waals surface area contributed by atoms with Gasteiger partial charge in [-0.1, -0.05) is 107 Å². The van der Waals surface area contributed by atoms with Gasteiger partial charge in [0.2, 0.25) is 5.91 Å². The number of aliphatic hydroxyl groups excluding tert-OH is 3. The average Bonchev–Trinajstić information content (AvgIpc) is 2.92. The molecule has 0 aromatic rings. The molecule has 0 aliphatic heterocycles. The standard InChI is InChI=1S/C34H61NO4/c1-3-5-7-9-11-13-15-16-17-18-20-22-24-26-28-33(38)32(30-36)35-34(39)29-31(37)27-25-23-21-19-14-12-10-8-6-4-2/h12-15,18,20,26,28,31-33,36-38H,3-11,16-17,19,21-25,27,29-30H2,1-2H3,(H,35,39)/b14-12-,15-13+,20-18+,28-26+. The predicted molar refractivity (Wildman–Crippen MR) is 167 cm³/mol. The highest BCUT2D eigenvalue weighted by Gasteiger charge is 2.19. The number of allylic oxidation sites excluding steroid dienone is 7. The van der Waals surface area contributed by atoms with E-state index >= 15 is 0 Å². The van der Waals surface area contributed by atoms with Crippen molar-refractivity contribution < 1.29 is 20.1 Å². The Balaban J connectivity index is 3.93. The minimum absolute atomic E-state index is 0.0108. The van der Waals surface area contributed by atoms with E-state index in [4.69, 9.17) is 0 Å². The molecule has 0 aliphatic rings. The van der Waals surface area contributed by atoms with Gasteiger partial charge in [-0.25, -0.2) is 0 Å². The van der Waals surface area contributed by atoms with E-state index in [1.54, 1.807) is 6.08 Å². The summed E-state index contributed by atoms with van der Waals surface area (Å²) in [6.07, 6.45) is 35.1. The normalized spacial score (nSPS) is 14.7. The van der Waals surface area contributed by atoms with Crippen LogP contribution in [0.15, 0.2) is 48.6 Å². The van der Waals surface area contributed by atoms with Gasteiger partial charge in [0, 0.05) is 0 Å². The fourth-order valence-electron chi connectivity index (χ4n) is 4.30. The van der Waals surface area contributed by atoms with Gasteiger partial charge in [0.15, 0.2) is 0 Å². The van der Waals surface area contributed by atoms with Gasteiger partial charge in [0.25, 0.3) is 0 Å². The van der Waals surface area contributed by atoms with Crippen LogP contribution in [-0.2, 0) is 4.79 Å². The Kier molecular flexibility index (Phi) is 28.0. The van der Waals surface area contributed by atoms with Crippen LogP contribution in [0.3, 0.4) is 0 Å². The quantitative estimate of drug-likeness (QED) is 0.0622. The minimum Gasteiger partial charge on any atom is -0.394 e. The van der Waals surface area contributed by atoms with E-state index in [9.17, 15) is 20.1 Å². The van der Waals surface area contributed by atoms with Crippen LogP contribution in [-0.4, -0.2) is 46.1 Å². The van der Waals surface area contributed by atoms with Gasteiger partial charge in [-0.2, -0.15) is 0 Å². The molecule has 0 bridgehead atoms. The summed E-state index contributed by atoms with van der Waals surface area (Å²) in [5.74, 6) is -0.345. The lowest BCUT2D eigenvalue weighted by Gasteiger charge is -2.20. The summed E-state index contributed by atoms with van der Waals surface area (Å²) in [4.78, 5) is 12.3. The maximum Gasteiger partial charge on any atom is 0.222 e. The van der Waals surface area contributed by atoms with Crippen LogP contribution in [0.1, 0.15) is 136 Å². The van der Waals surface area contributed by atoms with Crippen LogP contribution in [0.4, 0.5) is 0 Å². The first-order chi connectivity index (χ1) is 19.0. The second kappa shape index (κ2) is 29.3. The molecule has 0 spiro atoms. The molecule has 0 aromatic carbocycles. The summed E-state index contributed by atoms with van der Waals surface area (Å²) in [7, 11) is 0. The third kappa shape index (κ3) is 26.3. The molecule has 39 heavy (non-hydrogen) atoms. The Morgan fingerprint density at radius 2 is 1.10 bits per heavy atom. The molecule has 0 aromatic heterocycles. The van der Waals surface area contributed by atoms with Crippen molar-refractivity contribution in [2.75, 3.05) is 6.61 Å². The van der Waals surface area contributed by atoms with Crippen LogP contribution in [0, 0.1) is 0 Å². The summed E-state index contributed by atoms with van der Waals surface area (Å²) in [6.45, 7) is 4.09. The molecule has 0 saturated heterocycles. The van der Waals surface area contributed by atoms with Crippen molar-refractivity contribution in [2.24, 2.45) is 0 Å². The molecule has 0 rings (SSSR count). The van der Waals surface area contributed by atoms with Crippen molar-refractivity contribution in [2.45, 2.75) is 154 Å². The molecular formula is C34H61NO4. The minimum atomic E-state index is -0.961. The highest BCUT2D eigenvalue weighted by atomic mass is 16.3. The van der Waals surface area contributed by atoms with E-state index in [1.165, 1.54) is 51.4 Å². The fraction of sp³-hybridized carbons (Fsp3) is 0.735. The van der Waals surface area contributed by atoms with Crippen molar-refractivity contribution in [3.63, 3.8) is 0 Å². The number of unbranched alkanes of at least 4 members (excludes halogenated alkanes) is 12. The SMILES string of the molecule is CCCCC/C=C\CCCCCC(O)CC(=O)NC(CO)C(O)/C=C/CC/C=C/CC/C=C/CCCCCC. The molecule has 0 fully saturated rings. The maximum atomic E-state index is 12.3. The number of nitrogens with one attached hydrogen (secondary N) is 1. The summed E-state index contributed by atoms with van der Waals surface area (Å²) < 4.78 is 0. The van der Waals surface area contributed by atoms with Crippen molar-refractivity contribution >= 4 is 5.91 Å². The lowest BCUT2D eigenvalue weighted by Crippen LogP contribution is -2.45. The molecule has 3 unspecified atom stereocenters. The number of rotatable bonds is 27. The Hall–Kier alpha value is -1.69. The molecule has 226 valence electrons. The Bertz CT molecular complexity index is 656. The summed E-state index contributed by atoms with van der Waals surface area (Å²) in [5.41, 5.74) is 0. The van der Waals surface area contributed by atoms with Crippen LogP contribution < -0.4 is 5.32 Å². The molecule has 1 amide bonds. The van der Waals surface area contributed by atoms with Gasteiger partial charge < -0.3 is 20.6 Å². The number of carbonyl (C=O) groups is 1. The largest absolute Gasteiger partial charge is 0.394 e. The highest BCUT2D eigenvalue weighted by Crippen LogP contribution is 2.10. The van der Waals surface area contributed by atoms with Crippen LogP contribution in [0.25, 0.3) is 0 Å². The summed E-state index contributed by atoms with van der Waals surface area (Å²) in [5, 5.41) is 32.8. The molecule has 0 aliphatic carbocycles. The Morgan fingerprint density at radius 1 is 0.641 bits per heavy atom. The van der Waals surface area contributed by atoms with Crippen LogP contribution in [0.5, 0.6) is 0 Å². The van der Waals surface area contributed by atoms with Gasteiger partial charge in [0.1, 0.15) is 0 Å². The van der Waals surface area contributed by atoms with E-state index in [-0.39, 0.29) is 18.9 Å². The van der Waals surface area contributed by atoms with Gasteiger partial charge in [-0.3, -0.25) is 4.79 Å². The Labute approximate surface area is 240 Å². The number of amides is 1. The zero-order chi connectivity index (χ0) is 28.8. The van der Waals surface area contributed by atoms with E-state index < -0.39 is 18.2 Å². The number of carbonyl (C=O) groups excluding carboxylic acids is 1. The monoisotopic (exact) mass is 547 g/mol.